The van der Waals surface area contributed by atoms with E-state index in [1.165, 1.54) is 0 Å². The molecule has 2 aromatic rings. The molecule has 1 aromatic heterocycles. The second kappa shape index (κ2) is 7.39. The first kappa shape index (κ1) is 15.0. The lowest BCUT2D eigenvalue weighted by molar-refractivity contribution is -0.124. The van der Waals surface area contributed by atoms with Gasteiger partial charge in [0.15, 0.2) is 0 Å². The summed E-state index contributed by atoms with van der Waals surface area (Å²) in [6, 6.07) is 12.2. The molecular weight excluding hydrogens is 260 g/mol. The van der Waals surface area contributed by atoms with Gasteiger partial charge in [-0.15, -0.1) is 6.58 Å². The molecule has 0 aliphatic carbocycles. The van der Waals surface area contributed by atoms with Gasteiger partial charge >= 0.3 is 0 Å². The van der Waals surface area contributed by atoms with Crippen molar-refractivity contribution >= 4 is 5.91 Å². The van der Waals surface area contributed by atoms with Crippen molar-refractivity contribution in [2.45, 2.75) is 12.8 Å². The minimum atomic E-state index is -0.0586. The predicted octanol–water partition coefficient (Wildman–Crippen LogP) is 3.23. The van der Waals surface area contributed by atoms with E-state index in [4.69, 9.17) is 0 Å². The Labute approximate surface area is 125 Å². The van der Waals surface area contributed by atoms with Gasteiger partial charge in [-0.2, -0.15) is 0 Å². The lowest BCUT2D eigenvalue weighted by Crippen LogP contribution is -2.28. The van der Waals surface area contributed by atoms with Gasteiger partial charge in [0.1, 0.15) is 0 Å². The Morgan fingerprint density at radius 1 is 1.29 bits per heavy atom. The Morgan fingerprint density at radius 2 is 2.05 bits per heavy atom. The number of nitrogens with one attached hydrogen (secondary N) is 1. The normalized spacial score (nSPS) is 11.7. The molecule has 108 valence electrons. The molecule has 1 N–H and O–H groups in total. The predicted molar refractivity (Wildman–Crippen MR) is 85.7 cm³/mol. The van der Waals surface area contributed by atoms with Crippen molar-refractivity contribution in [3.63, 3.8) is 0 Å². The first-order valence-corrected chi connectivity index (χ1v) is 7.06. The van der Waals surface area contributed by atoms with E-state index in [0.29, 0.717) is 6.42 Å². The molecule has 1 atom stereocenters. The van der Waals surface area contributed by atoms with Gasteiger partial charge < -0.3 is 5.32 Å². The molecule has 0 saturated heterocycles. The highest BCUT2D eigenvalue weighted by Crippen LogP contribution is 2.20. The average Bonchev–Trinajstić information content (AvgIpc) is 2.55. The van der Waals surface area contributed by atoms with E-state index >= 15 is 0 Å². The molecule has 1 aromatic carbocycles. The molecule has 0 saturated carbocycles. The van der Waals surface area contributed by atoms with Crippen molar-refractivity contribution in [1.82, 2.24) is 10.3 Å². The van der Waals surface area contributed by atoms with E-state index in [9.17, 15) is 4.79 Å². The van der Waals surface area contributed by atoms with Crippen molar-refractivity contribution in [2.75, 3.05) is 7.05 Å². The first-order chi connectivity index (χ1) is 10.2. The van der Waals surface area contributed by atoms with Crippen LogP contribution in [0, 0.1) is 5.92 Å². The molecule has 3 heteroatoms. The van der Waals surface area contributed by atoms with Crippen LogP contribution < -0.4 is 5.32 Å². The Hall–Kier alpha value is -2.42. The molecule has 21 heavy (non-hydrogen) atoms. The maximum atomic E-state index is 11.8. The number of carbonyl (C=O) groups is 1. The van der Waals surface area contributed by atoms with Gasteiger partial charge in [-0.25, -0.2) is 0 Å². The second-order valence-corrected chi connectivity index (χ2v) is 4.98. The number of aromatic nitrogens is 1. The number of amides is 1. The van der Waals surface area contributed by atoms with E-state index in [2.05, 4.69) is 41.1 Å². The van der Waals surface area contributed by atoms with E-state index in [1.54, 1.807) is 19.3 Å². The zero-order chi connectivity index (χ0) is 15.1. The summed E-state index contributed by atoms with van der Waals surface area (Å²) in [4.78, 5) is 16.0. The highest BCUT2D eigenvalue weighted by atomic mass is 16.1. The third kappa shape index (κ3) is 4.02. The molecule has 0 aliphatic heterocycles. The summed E-state index contributed by atoms with van der Waals surface area (Å²) in [5, 5.41) is 2.71. The minimum Gasteiger partial charge on any atom is -0.359 e. The number of allylic oxidation sites excluding steroid dienone is 1. The molecular formula is C18H20N2O. The maximum Gasteiger partial charge on any atom is 0.223 e. The Kier molecular flexibility index (Phi) is 5.27. The highest BCUT2D eigenvalue weighted by Gasteiger charge is 2.16. The summed E-state index contributed by atoms with van der Waals surface area (Å²) in [6.45, 7) is 3.73. The van der Waals surface area contributed by atoms with Crippen LogP contribution in [0.2, 0.25) is 0 Å². The van der Waals surface area contributed by atoms with Gasteiger partial charge in [-0.3, -0.25) is 9.78 Å². The third-order valence-electron chi connectivity index (χ3n) is 3.50. The zero-order valence-electron chi connectivity index (χ0n) is 12.3. The fourth-order valence-corrected chi connectivity index (χ4v) is 2.34. The van der Waals surface area contributed by atoms with Gasteiger partial charge in [0.05, 0.1) is 0 Å². The number of pyridine rings is 1. The van der Waals surface area contributed by atoms with Crippen LogP contribution in [0.15, 0.2) is 61.4 Å². The van der Waals surface area contributed by atoms with Crippen molar-refractivity contribution < 1.29 is 4.79 Å². The van der Waals surface area contributed by atoms with Gasteiger partial charge in [0.25, 0.3) is 0 Å². The number of rotatable bonds is 6. The van der Waals surface area contributed by atoms with E-state index in [1.807, 2.05) is 18.3 Å². The first-order valence-electron chi connectivity index (χ1n) is 7.06. The number of nitrogens with zero attached hydrogens (tertiary/aromatic N) is 1. The SMILES string of the molecule is C=CC[C@@H](Cc1ccc(-c2cccnc2)cc1)C(=O)NC. The smallest absolute Gasteiger partial charge is 0.223 e. The summed E-state index contributed by atoms with van der Waals surface area (Å²) in [5.74, 6) is 0.00276. The molecule has 1 amide bonds. The Balaban J connectivity index is 2.11. The Bertz CT molecular complexity index is 590. The van der Waals surface area contributed by atoms with Crippen LogP contribution in [-0.4, -0.2) is 17.9 Å². The molecule has 0 unspecified atom stereocenters. The largest absolute Gasteiger partial charge is 0.359 e. The molecule has 0 spiro atoms. The summed E-state index contributed by atoms with van der Waals surface area (Å²) in [6.07, 6.45) is 6.81. The second-order valence-electron chi connectivity index (χ2n) is 4.98. The van der Waals surface area contributed by atoms with Crippen LogP contribution in [0.5, 0.6) is 0 Å². The average molecular weight is 280 g/mol. The molecule has 2 rings (SSSR count). The summed E-state index contributed by atoms with van der Waals surface area (Å²) >= 11 is 0. The van der Waals surface area contributed by atoms with Crippen molar-refractivity contribution in [2.24, 2.45) is 5.92 Å². The fraction of sp³-hybridized carbons (Fsp3) is 0.222. The van der Waals surface area contributed by atoms with Crippen LogP contribution >= 0.6 is 0 Å². The van der Waals surface area contributed by atoms with E-state index in [0.717, 1.165) is 23.1 Å². The number of benzene rings is 1. The molecule has 0 bridgehead atoms. The molecule has 0 fully saturated rings. The quantitative estimate of drug-likeness (QED) is 0.825. The highest BCUT2D eigenvalue weighted by molar-refractivity contribution is 5.78. The summed E-state index contributed by atoms with van der Waals surface area (Å²) in [7, 11) is 1.67. The standard InChI is InChI=1S/C18H20N2O/c1-3-5-16(18(21)19-2)12-14-7-9-15(10-8-14)17-6-4-11-20-13-17/h3-4,6-11,13,16H,1,5,12H2,2H3,(H,19,21)/t16-/m0/s1. The van der Waals surface area contributed by atoms with Crippen molar-refractivity contribution in [3.8, 4) is 11.1 Å². The van der Waals surface area contributed by atoms with Crippen molar-refractivity contribution in [3.05, 3.63) is 67.0 Å². The number of hydrogen-bond donors (Lipinski definition) is 1. The fourth-order valence-electron chi connectivity index (χ4n) is 2.34. The minimum absolute atomic E-state index is 0.0586. The van der Waals surface area contributed by atoms with Gasteiger partial charge in [-0.05, 0) is 35.6 Å². The number of hydrogen-bond acceptors (Lipinski definition) is 2. The molecule has 3 nitrogen and oxygen atoms in total. The Morgan fingerprint density at radius 3 is 2.62 bits per heavy atom. The van der Waals surface area contributed by atoms with Crippen LogP contribution in [0.4, 0.5) is 0 Å². The van der Waals surface area contributed by atoms with Gasteiger partial charge in [0.2, 0.25) is 5.91 Å². The van der Waals surface area contributed by atoms with Crippen LogP contribution in [-0.2, 0) is 11.2 Å². The van der Waals surface area contributed by atoms with Crippen LogP contribution in [0.3, 0.4) is 0 Å². The van der Waals surface area contributed by atoms with Crippen LogP contribution in [0.25, 0.3) is 11.1 Å². The lowest BCUT2D eigenvalue weighted by atomic mass is 9.94. The summed E-state index contributed by atoms with van der Waals surface area (Å²) in [5.41, 5.74) is 3.38. The maximum absolute atomic E-state index is 11.8. The van der Waals surface area contributed by atoms with E-state index < -0.39 is 0 Å². The zero-order valence-corrected chi connectivity index (χ0v) is 12.3. The van der Waals surface area contributed by atoms with E-state index in [-0.39, 0.29) is 11.8 Å². The van der Waals surface area contributed by atoms with Crippen LogP contribution in [0.1, 0.15) is 12.0 Å². The van der Waals surface area contributed by atoms with Gasteiger partial charge in [0, 0.05) is 25.4 Å². The molecule has 1 heterocycles. The lowest BCUT2D eigenvalue weighted by Gasteiger charge is -2.13. The third-order valence-corrected chi connectivity index (χ3v) is 3.50. The number of carbonyl (C=O) groups excluding carboxylic acids is 1. The van der Waals surface area contributed by atoms with Gasteiger partial charge in [-0.1, -0.05) is 36.4 Å². The molecule has 0 aliphatic rings. The topological polar surface area (TPSA) is 42.0 Å². The molecule has 0 radical (unpaired) electrons. The summed E-state index contributed by atoms with van der Waals surface area (Å²) < 4.78 is 0. The monoisotopic (exact) mass is 280 g/mol. The van der Waals surface area contributed by atoms with Crippen molar-refractivity contribution in [1.29, 1.82) is 0 Å².